The molecule has 0 aliphatic heterocycles. The van der Waals surface area contributed by atoms with Gasteiger partial charge >= 0.3 is 0 Å². The lowest BCUT2D eigenvalue weighted by atomic mass is 10.2. The molecule has 0 aliphatic rings. The van der Waals surface area contributed by atoms with Crippen LogP contribution in [0, 0.1) is 17.0 Å². The summed E-state index contributed by atoms with van der Waals surface area (Å²) in [5.74, 6) is 0.448. The number of anilines is 1. The molecule has 0 unspecified atom stereocenters. The number of nitro groups is 1. The number of carbonyl (C=O) groups excluding carboxylic acids is 1. The first-order valence-corrected chi connectivity index (χ1v) is 11.7. The highest BCUT2D eigenvalue weighted by Gasteiger charge is 2.20. The smallest absolute Gasteiger partial charge is 0.275 e. The topological polar surface area (TPSA) is 139 Å². The fourth-order valence-electron chi connectivity index (χ4n) is 4.04. The van der Waals surface area contributed by atoms with Gasteiger partial charge in [-0.25, -0.2) is 9.50 Å². The number of non-ortho nitro benzene ring substituents is 1. The maximum atomic E-state index is 13.3. The van der Waals surface area contributed by atoms with Gasteiger partial charge < -0.3 is 14.8 Å². The van der Waals surface area contributed by atoms with E-state index in [-0.39, 0.29) is 22.7 Å². The molecular weight excluding hydrogens is 490 g/mol. The monoisotopic (exact) mass is 513 g/mol. The third-order valence-electron chi connectivity index (χ3n) is 5.85. The van der Waals surface area contributed by atoms with Crippen LogP contribution in [0.5, 0.6) is 17.2 Å². The summed E-state index contributed by atoms with van der Waals surface area (Å²) in [6.45, 7) is 4.61. The second-order valence-electron chi connectivity index (χ2n) is 8.29. The van der Waals surface area contributed by atoms with Crippen LogP contribution >= 0.6 is 0 Å². The van der Waals surface area contributed by atoms with Crippen molar-refractivity contribution in [2.45, 2.75) is 20.4 Å². The zero-order valence-electron chi connectivity index (χ0n) is 20.8. The number of nitro benzene ring substituents is 1. The van der Waals surface area contributed by atoms with Crippen molar-refractivity contribution in [2.75, 3.05) is 12.4 Å². The van der Waals surface area contributed by atoms with Crippen LogP contribution in [0.2, 0.25) is 0 Å². The highest BCUT2D eigenvalue weighted by Crippen LogP contribution is 2.34. The van der Waals surface area contributed by atoms with Crippen molar-refractivity contribution in [1.29, 1.82) is 0 Å². The molecule has 192 valence electrons. The summed E-state index contributed by atoms with van der Waals surface area (Å²) < 4.78 is 14.5. The number of hydrogen-bond acceptors (Lipinski definition) is 8. The zero-order valence-corrected chi connectivity index (χ0v) is 20.8. The molecule has 38 heavy (non-hydrogen) atoms. The second-order valence-corrected chi connectivity index (χ2v) is 8.29. The van der Waals surface area contributed by atoms with Crippen molar-refractivity contribution < 1.29 is 19.2 Å². The molecule has 0 bridgehead atoms. The Balaban J connectivity index is 1.47. The van der Waals surface area contributed by atoms with E-state index in [1.165, 1.54) is 31.5 Å². The number of benzene rings is 2. The number of aromatic nitrogens is 5. The minimum absolute atomic E-state index is 0.155. The lowest BCUT2D eigenvalue weighted by Crippen LogP contribution is -2.12. The lowest BCUT2D eigenvalue weighted by Gasteiger charge is -2.11. The standard InChI is InChI=1S/C26H23N7O5/c1-4-31-15-21(16(2)30-31)22-9-10-27-25-20(14-28-32(22)25)26(34)29-17-11-18(33(35)36)13-19(12-17)38-24-8-6-5-7-23(24)37-3/h5-15H,4H2,1-3H3,(H,29,34). The number of hydrogen-bond donors (Lipinski definition) is 1. The maximum Gasteiger partial charge on any atom is 0.275 e. The van der Waals surface area contributed by atoms with Crippen LogP contribution in [0.1, 0.15) is 23.0 Å². The first-order chi connectivity index (χ1) is 18.4. The molecule has 5 rings (SSSR count). The summed E-state index contributed by atoms with van der Waals surface area (Å²) in [7, 11) is 1.49. The third-order valence-corrected chi connectivity index (χ3v) is 5.85. The molecular formula is C26H23N7O5. The molecule has 12 nitrogen and oxygen atoms in total. The molecule has 0 aliphatic carbocycles. The number of carbonyl (C=O) groups is 1. The van der Waals surface area contributed by atoms with Crippen LogP contribution in [0.15, 0.2) is 67.1 Å². The normalized spacial score (nSPS) is 10.9. The minimum Gasteiger partial charge on any atom is -0.493 e. The van der Waals surface area contributed by atoms with E-state index in [2.05, 4.69) is 20.5 Å². The Morgan fingerprint density at radius 3 is 2.66 bits per heavy atom. The SMILES string of the molecule is CCn1cc(-c2ccnc3c(C(=O)Nc4cc(Oc5ccccc5OC)cc([N+](=O)[O-])c4)cnn23)c(C)n1. The van der Waals surface area contributed by atoms with Gasteiger partial charge in [-0.2, -0.15) is 10.2 Å². The second kappa shape index (κ2) is 10.0. The van der Waals surface area contributed by atoms with E-state index < -0.39 is 10.8 Å². The maximum absolute atomic E-state index is 13.3. The Hall–Kier alpha value is -5.26. The number of amides is 1. The summed E-state index contributed by atoms with van der Waals surface area (Å²) in [6, 6.07) is 12.7. The first kappa shape index (κ1) is 24.4. The molecule has 0 spiro atoms. The third kappa shape index (κ3) is 4.62. The first-order valence-electron chi connectivity index (χ1n) is 11.7. The Morgan fingerprint density at radius 1 is 1.16 bits per heavy atom. The van der Waals surface area contributed by atoms with Crippen molar-refractivity contribution in [3.05, 3.63) is 88.5 Å². The average molecular weight is 514 g/mol. The van der Waals surface area contributed by atoms with Gasteiger partial charge in [0.05, 0.1) is 41.4 Å². The van der Waals surface area contributed by atoms with Crippen LogP contribution < -0.4 is 14.8 Å². The van der Waals surface area contributed by atoms with E-state index in [1.54, 1.807) is 41.0 Å². The number of fused-ring (bicyclic) bond motifs is 1. The molecule has 1 N–H and O–H groups in total. The number of aryl methyl sites for hydroxylation is 2. The van der Waals surface area contributed by atoms with Crippen LogP contribution in [0.3, 0.4) is 0 Å². The molecule has 3 aromatic heterocycles. The fraction of sp³-hybridized carbons (Fsp3) is 0.154. The van der Waals surface area contributed by atoms with E-state index >= 15 is 0 Å². The van der Waals surface area contributed by atoms with E-state index in [4.69, 9.17) is 9.47 Å². The Kier molecular flexibility index (Phi) is 6.44. The average Bonchev–Trinajstić information content (AvgIpc) is 3.52. The number of methoxy groups -OCH3 is 1. The highest BCUT2D eigenvalue weighted by atomic mass is 16.6. The van der Waals surface area contributed by atoms with Gasteiger partial charge in [-0.05, 0) is 32.0 Å². The zero-order chi connectivity index (χ0) is 26.8. The lowest BCUT2D eigenvalue weighted by molar-refractivity contribution is -0.384. The number of ether oxygens (including phenoxy) is 2. The number of rotatable bonds is 8. The van der Waals surface area contributed by atoms with Crippen LogP contribution in [0.4, 0.5) is 11.4 Å². The van der Waals surface area contributed by atoms with E-state index in [0.717, 1.165) is 17.0 Å². The van der Waals surface area contributed by atoms with Gasteiger partial charge in [0.2, 0.25) is 0 Å². The quantitative estimate of drug-likeness (QED) is 0.229. The summed E-state index contributed by atoms with van der Waals surface area (Å²) in [6.07, 6.45) is 4.92. The van der Waals surface area contributed by atoms with Crippen LogP contribution in [0.25, 0.3) is 16.9 Å². The van der Waals surface area contributed by atoms with Gasteiger partial charge in [-0.1, -0.05) is 12.1 Å². The van der Waals surface area contributed by atoms with Crippen LogP contribution in [-0.4, -0.2) is 42.3 Å². The van der Waals surface area contributed by atoms with Crippen molar-refractivity contribution in [2.24, 2.45) is 0 Å². The van der Waals surface area contributed by atoms with Gasteiger partial charge in [0.15, 0.2) is 17.1 Å². The van der Waals surface area contributed by atoms with Crippen LogP contribution in [-0.2, 0) is 6.54 Å². The van der Waals surface area contributed by atoms with E-state index in [9.17, 15) is 14.9 Å². The molecule has 0 atom stereocenters. The summed E-state index contributed by atoms with van der Waals surface area (Å²) in [5, 5.41) is 23.1. The molecule has 2 aromatic carbocycles. The molecule has 5 aromatic rings. The van der Waals surface area contributed by atoms with Gasteiger partial charge in [0, 0.05) is 36.6 Å². The predicted molar refractivity (Wildman–Crippen MR) is 139 cm³/mol. The number of nitrogens with zero attached hydrogens (tertiary/aromatic N) is 6. The van der Waals surface area contributed by atoms with Crippen molar-refractivity contribution in [3.8, 4) is 28.5 Å². The Morgan fingerprint density at radius 2 is 1.95 bits per heavy atom. The number of nitrogens with one attached hydrogen (secondary N) is 1. The van der Waals surface area contributed by atoms with Crippen molar-refractivity contribution in [1.82, 2.24) is 24.4 Å². The van der Waals surface area contributed by atoms with Gasteiger partial charge in [-0.3, -0.25) is 19.6 Å². The molecule has 3 heterocycles. The van der Waals surface area contributed by atoms with Gasteiger partial charge in [0.1, 0.15) is 11.3 Å². The van der Waals surface area contributed by atoms with E-state index in [0.29, 0.717) is 23.7 Å². The molecule has 0 saturated heterocycles. The fourth-order valence-corrected chi connectivity index (χ4v) is 4.04. The molecule has 12 heteroatoms. The summed E-state index contributed by atoms with van der Waals surface area (Å²) in [4.78, 5) is 28.6. The molecule has 1 amide bonds. The molecule has 0 saturated carbocycles. The Bertz CT molecular complexity index is 1670. The van der Waals surface area contributed by atoms with Gasteiger partial charge in [-0.15, -0.1) is 0 Å². The summed E-state index contributed by atoms with van der Waals surface area (Å²) >= 11 is 0. The van der Waals surface area contributed by atoms with Gasteiger partial charge in [0.25, 0.3) is 11.6 Å². The minimum atomic E-state index is -0.563. The molecule has 0 fully saturated rings. The highest BCUT2D eigenvalue weighted by molar-refractivity contribution is 6.08. The number of para-hydroxylation sites is 2. The summed E-state index contributed by atoms with van der Waals surface area (Å²) in [5.41, 5.74) is 2.87. The Labute approximate surface area is 216 Å². The predicted octanol–water partition coefficient (Wildman–Crippen LogP) is 4.88. The largest absolute Gasteiger partial charge is 0.493 e. The molecule has 0 radical (unpaired) electrons. The van der Waals surface area contributed by atoms with Crippen molar-refractivity contribution in [3.63, 3.8) is 0 Å². The van der Waals surface area contributed by atoms with Crippen molar-refractivity contribution >= 4 is 22.9 Å². The van der Waals surface area contributed by atoms with E-state index in [1.807, 2.05) is 24.7 Å².